The minimum absolute atomic E-state index is 0.111. The van der Waals surface area contributed by atoms with Gasteiger partial charge in [-0.05, 0) is 85.7 Å². The van der Waals surface area contributed by atoms with Gasteiger partial charge in [0.15, 0.2) is 0 Å². The third-order valence-corrected chi connectivity index (χ3v) is 4.53. The van der Waals surface area contributed by atoms with Crippen molar-refractivity contribution in [2.75, 3.05) is 5.32 Å². The molecule has 2 aromatic rings. The van der Waals surface area contributed by atoms with Crippen LogP contribution < -0.4 is 10.7 Å². The zero-order valence-electron chi connectivity index (χ0n) is 15.3. The summed E-state index contributed by atoms with van der Waals surface area (Å²) in [5.74, 6) is -0.462. The highest BCUT2D eigenvalue weighted by Gasteiger charge is 2.10. The van der Waals surface area contributed by atoms with E-state index in [9.17, 15) is 9.59 Å². The van der Waals surface area contributed by atoms with Crippen molar-refractivity contribution >= 4 is 45.8 Å². The molecule has 0 spiro atoms. The maximum atomic E-state index is 12.3. The first-order valence-electron chi connectivity index (χ1n) is 8.23. The van der Waals surface area contributed by atoms with E-state index < -0.39 is 0 Å². The monoisotopic (exact) mass is 463 g/mol. The van der Waals surface area contributed by atoms with Crippen LogP contribution in [-0.2, 0) is 4.79 Å². The van der Waals surface area contributed by atoms with E-state index in [0.717, 1.165) is 25.9 Å². The molecule has 26 heavy (non-hydrogen) atoms. The van der Waals surface area contributed by atoms with Gasteiger partial charge in [0.2, 0.25) is 5.91 Å². The molecule has 0 saturated heterocycles. The van der Waals surface area contributed by atoms with E-state index >= 15 is 0 Å². The molecule has 6 heteroatoms. The van der Waals surface area contributed by atoms with Crippen molar-refractivity contribution in [1.29, 1.82) is 0 Å². The number of hydrogen-bond donors (Lipinski definition) is 2. The Morgan fingerprint density at radius 3 is 2.19 bits per heavy atom. The Bertz CT molecular complexity index is 835. The highest BCUT2D eigenvalue weighted by molar-refractivity contribution is 14.1. The van der Waals surface area contributed by atoms with Crippen LogP contribution in [0.4, 0.5) is 5.69 Å². The van der Waals surface area contributed by atoms with Crippen molar-refractivity contribution in [1.82, 2.24) is 5.43 Å². The fourth-order valence-electron chi connectivity index (χ4n) is 2.64. The molecule has 2 rings (SSSR count). The number of benzene rings is 2. The third-order valence-electron chi connectivity index (χ3n) is 3.81. The molecule has 0 aliphatic carbocycles. The van der Waals surface area contributed by atoms with E-state index in [-0.39, 0.29) is 18.2 Å². The summed E-state index contributed by atoms with van der Waals surface area (Å²) in [6.45, 7) is 7.68. The molecule has 0 bridgehead atoms. The van der Waals surface area contributed by atoms with Crippen molar-refractivity contribution in [3.8, 4) is 0 Å². The summed E-state index contributed by atoms with van der Waals surface area (Å²) in [6.07, 6.45) is 0.111. The molecule has 2 N–H and O–H groups in total. The Balaban J connectivity index is 1.95. The van der Waals surface area contributed by atoms with Crippen LogP contribution in [0.5, 0.6) is 0 Å². The number of hydrazone groups is 1. The van der Waals surface area contributed by atoms with E-state index in [1.807, 2.05) is 45.0 Å². The molecular formula is C20H22IN3O2. The van der Waals surface area contributed by atoms with Crippen LogP contribution in [0.15, 0.2) is 41.5 Å². The summed E-state index contributed by atoms with van der Waals surface area (Å²) in [5.41, 5.74) is 7.58. The number of nitrogens with zero attached hydrogens (tertiary/aromatic N) is 1. The average molecular weight is 463 g/mol. The van der Waals surface area contributed by atoms with Gasteiger partial charge in [0.25, 0.3) is 5.91 Å². The number of carbonyl (C=O) groups is 2. The number of halogens is 1. The number of anilines is 1. The van der Waals surface area contributed by atoms with Gasteiger partial charge in [-0.2, -0.15) is 5.10 Å². The lowest BCUT2D eigenvalue weighted by Gasteiger charge is -2.12. The number of amides is 2. The smallest absolute Gasteiger partial charge is 0.271 e. The number of nitrogens with one attached hydrogen (secondary N) is 2. The first-order chi connectivity index (χ1) is 12.3. The minimum atomic E-state index is -0.300. The van der Waals surface area contributed by atoms with Crippen molar-refractivity contribution in [3.63, 3.8) is 0 Å². The van der Waals surface area contributed by atoms with Crippen LogP contribution >= 0.6 is 22.6 Å². The zero-order valence-corrected chi connectivity index (χ0v) is 17.5. The molecule has 2 aromatic carbocycles. The number of rotatable bonds is 5. The molecule has 0 unspecified atom stereocenters. The quantitative estimate of drug-likeness (QED) is 0.393. The minimum Gasteiger partial charge on any atom is -0.325 e. The third kappa shape index (κ3) is 5.66. The Kier molecular flexibility index (Phi) is 6.90. The van der Waals surface area contributed by atoms with Crippen molar-refractivity contribution in [3.05, 3.63) is 62.2 Å². The summed E-state index contributed by atoms with van der Waals surface area (Å²) < 4.78 is 1.05. The first-order valence-corrected chi connectivity index (χ1v) is 9.31. The first kappa shape index (κ1) is 20.1. The maximum absolute atomic E-state index is 12.3. The molecule has 0 aliphatic rings. The van der Waals surface area contributed by atoms with E-state index in [1.165, 1.54) is 0 Å². The summed E-state index contributed by atoms with van der Waals surface area (Å²) in [7, 11) is 0. The van der Waals surface area contributed by atoms with Crippen LogP contribution in [0.2, 0.25) is 0 Å². The SMILES string of the molecule is C/C(CC(=O)Nc1c(C)cc(C)cc1C)=N/NC(=O)c1ccc(I)cc1. The number of carbonyl (C=O) groups excluding carboxylic acids is 2. The van der Waals surface area contributed by atoms with Gasteiger partial charge in [0.1, 0.15) is 0 Å². The van der Waals surface area contributed by atoms with Crippen LogP contribution in [0.25, 0.3) is 0 Å². The Morgan fingerprint density at radius 2 is 1.62 bits per heavy atom. The van der Waals surface area contributed by atoms with Crippen LogP contribution in [0, 0.1) is 24.3 Å². The summed E-state index contributed by atoms with van der Waals surface area (Å²) in [6, 6.07) is 11.2. The van der Waals surface area contributed by atoms with Gasteiger partial charge in [-0.1, -0.05) is 17.7 Å². The normalized spacial score (nSPS) is 11.2. The molecular weight excluding hydrogens is 441 g/mol. The van der Waals surface area contributed by atoms with Gasteiger partial charge in [-0.25, -0.2) is 5.43 Å². The van der Waals surface area contributed by atoms with E-state index in [2.05, 4.69) is 38.4 Å². The maximum Gasteiger partial charge on any atom is 0.271 e. The molecule has 0 aromatic heterocycles. The fraction of sp³-hybridized carbons (Fsp3) is 0.250. The number of hydrogen-bond acceptors (Lipinski definition) is 3. The van der Waals surface area contributed by atoms with Crippen LogP contribution in [-0.4, -0.2) is 17.5 Å². The van der Waals surface area contributed by atoms with Gasteiger partial charge < -0.3 is 5.32 Å². The second kappa shape index (κ2) is 8.93. The lowest BCUT2D eigenvalue weighted by Crippen LogP contribution is -2.22. The predicted molar refractivity (Wildman–Crippen MR) is 114 cm³/mol. The standard InChI is InChI=1S/C20H22IN3O2/c1-12-9-13(2)19(14(3)10-12)22-18(25)11-15(4)23-24-20(26)16-5-7-17(21)8-6-16/h5-10H,11H2,1-4H3,(H,22,25)(H,24,26)/b23-15-. The molecule has 0 saturated carbocycles. The predicted octanol–water partition coefficient (Wildman–Crippen LogP) is 4.35. The average Bonchev–Trinajstić information content (AvgIpc) is 2.56. The number of aryl methyl sites for hydroxylation is 3. The Hall–Kier alpha value is -2.22. The van der Waals surface area contributed by atoms with Crippen molar-refractivity contribution in [2.45, 2.75) is 34.1 Å². The molecule has 0 atom stereocenters. The molecule has 136 valence electrons. The van der Waals surface area contributed by atoms with E-state index in [4.69, 9.17) is 0 Å². The lowest BCUT2D eigenvalue weighted by atomic mass is 10.0. The Labute approximate surface area is 167 Å². The molecule has 0 fully saturated rings. The molecule has 2 amide bonds. The van der Waals surface area contributed by atoms with Crippen LogP contribution in [0.1, 0.15) is 40.4 Å². The van der Waals surface area contributed by atoms with Gasteiger partial charge in [-0.3, -0.25) is 9.59 Å². The summed E-state index contributed by atoms with van der Waals surface area (Å²) >= 11 is 2.18. The zero-order chi connectivity index (χ0) is 19.3. The second-order valence-corrected chi connectivity index (χ2v) is 7.54. The van der Waals surface area contributed by atoms with Gasteiger partial charge in [0.05, 0.1) is 6.42 Å². The molecule has 0 radical (unpaired) electrons. The van der Waals surface area contributed by atoms with Gasteiger partial charge >= 0.3 is 0 Å². The van der Waals surface area contributed by atoms with Gasteiger partial charge in [0, 0.05) is 20.5 Å². The lowest BCUT2D eigenvalue weighted by molar-refractivity contribution is -0.115. The Morgan fingerprint density at radius 1 is 1.04 bits per heavy atom. The topological polar surface area (TPSA) is 70.6 Å². The largest absolute Gasteiger partial charge is 0.325 e. The molecule has 5 nitrogen and oxygen atoms in total. The summed E-state index contributed by atoms with van der Waals surface area (Å²) in [4.78, 5) is 24.3. The van der Waals surface area contributed by atoms with E-state index in [0.29, 0.717) is 11.3 Å². The highest BCUT2D eigenvalue weighted by atomic mass is 127. The van der Waals surface area contributed by atoms with E-state index in [1.54, 1.807) is 19.1 Å². The molecule has 0 aliphatic heterocycles. The van der Waals surface area contributed by atoms with Gasteiger partial charge in [-0.15, -0.1) is 0 Å². The highest BCUT2D eigenvalue weighted by Crippen LogP contribution is 2.22. The second-order valence-electron chi connectivity index (χ2n) is 6.29. The fourth-order valence-corrected chi connectivity index (χ4v) is 3.00. The summed E-state index contributed by atoms with van der Waals surface area (Å²) in [5, 5.41) is 6.95. The van der Waals surface area contributed by atoms with Crippen molar-refractivity contribution < 1.29 is 9.59 Å². The van der Waals surface area contributed by atoms with Crippen LogP contribution in [0.3, 0.4) is 0 Å². The molecule has 0 heterocycles. The van der Waals surface area contributed by atoms with Crippen molar-refractivity contribution in [2.24, 2.45) is 5.10 Å².